The summed E-state index contributed by atoms with van der Waals surface area (Å²) in [5.74, 6) is -0.677. The number of hydrogen-bond acceptors (Lipinski definition) is 5. The van der Waals surface area contributed by atoms with E-state index in [2.05, 4.69) is 0 Å². The molecule has 0 bridgehead atoms. The number of rotatable bonds is 7. The van der Waals surface area contributed by atoms with Gasteiger partial charge in [-0.25, -0.2) is 9.59 Å². The summed E-state index contributed by atoms with van der Waals surface area (Å²) in [4.78, 5) is 39.7. The van der Waals surface area contributed by atoms with Gasteiger partial charge in [0.2, 0.25) is 0 Å². The zero-order chi connectivity index (χ0) is 23.4. The molecule has 1 atom stereocenters. The SMILES string of the molecule is C[C@]1(C2CCN(C(=O)c3cccc(OCC(=O)O)c3)CC2)CN(Cc2ccccc2)C(=O)O1. The summed E-state index contributed by atoms with van der Waals surface area (Å²) in [5, 5.41) is 8.76. The molecule has 8 heteroatoms. The van der Waals surface area contributed by atoms with Crippen molar-refractivity contribution in [3.05, 3.63) is 65.7 Å². The summed E-state index contributed by atoms with van der Waals surface area (Å²) in [7, 11) is 0. The molecule has 2 fully saturated rings. The first-order valence-electron chi connectivity index (χ1n) is 11.1. The van der Waals surface area contributed by atoms with Crippen LogP contribution in [0.2, 0.25) is 0 Å². The molecular formula is C25H28N2O6. The third-order valence-electron chi connectivity index (χ3n) is 6.39. The molecule has 0 spiro atoms. The van der Waals surface area contributed by atoms with E-state index in [0.29, 0.717) is 37.5 Å². The maximum absolute atomic E-state index is 13.0. The molecule has 2 aliphatic rings. The normalized spacial score (nSPS) is 21.1. The first kappa shape index (κ1) is 22.6. The maximum atomic E-state index is 13.0. The lowest BCUT2D eigenvalue weighted by Gasteiger charge is -2.39. The zero-order valence-electron chi connectivity index (χ0n) is 18.6. The number of ether oxygens (including phenoxy) is 2. The molecule has 0 aliphatic carbocycles. The molecule has 33 heavy (non-hydrogen) atoms. The van der Waals surface area contributed by atoms with Crippen molar-refractivity contribution in [2.24, 2.45) is 5.92 Å². The Morgan fingerprint density at radius 1 is 1.12 bits per heavy atom. The topological polar surface area (TPSA) is 96.4 Å². The molecule has 2 aromatic carbocycles. The van der Waals surface area contributed by atoms with Crippen molar-refractivity contribution >= 4 is 18.0 Å². The summed E-state index contributed by atoms with van der Waals surface area (Å²) >= 11 is 0. The van der Waals surface area contributed by atoms with Gasteiger partial charge in [-0.15, -0.1) is 0 Å². The van der Waals surface area contributed by atoms with Crippen LogP contribution in [0.1, 0.15) is 35.7 Å². The van der Waals surface area contributed by atoms with E-state index in [9.17, 15) is 14.4 Å². The largest absolute Gasteiger partial charge is 0.482 e. The predicted octanol–water partition coefficient (Wildman–Crippen LogP) is 3.41. The molecule has 0 unspecified atom stereocenters. The lowest BCUT2D eigenvalue weighted by atomic mass is 9.81. The first-order chi connectivity index (χ1) is 15.8. The number of nitrogens with zero attached hydrogens (tertiary/aromatic N) is 2. The molecule has 8 nitrogen and oxygen atoms in total. The van der Waals surface area contributed by atoms with Gasteiger partial charge in [0, 0.05) is 31.1 Å². The molecule has 0 radical (unpaired) electrons. The number of carboxylic acids is 1. The van der Waals surface area contributed by atoms with E-state index >= 15 is 0 Å². The van der Waals surface area contributed by atoms with Gasteiger partial charge in [-0.3, -0.25) is 9.69 Å². The lowest BCUT2D eigenvalue weighted by Crippen LogP contribution is -2.47. The minimum atomic E-state index is -1.07. The number of amides is 2. The van der Waals surface area contributed by atoms with E-state index in [1.807, 2.05) is 37.3 Å². The van der Waals surface area contributed by atoms with Crippen molar-refractivity contribution in [3.63, 3.8) is 0 Å². The summed E-state index contributed by atoms with van der Waals surface area (Å²) in [6, 6.07) is 16.4. The summed E-state index contributed by atoms with van der Waals surface area (Å²) in [5.41, 5.74) is 0.948. The number of carbonyl (C=O) groups excluding carboxylic acids is 2. The van der Waals surface area contributed by atoms with Crippen molar-refractivity contribution in [2.75, 3.05) is 26.2 Å². The van der Waals surface area contributed by atoms with Crippen molar-refractivity contribution in [1.82, 2.24) is 9.80 Å². The van der Waals surface area contributed by atoms with Crippen LogP contribution in [0, 0.1) is 5.92 Å². The van der Waals surface area contributed by atoms with Crippen LogP contribution in [0.3, 0.4) is 0 Å². The molecule has 2 aliphatic heterocycles. The molecule has 1 N–H and O–H groups in total. The molecule has 2 heterocycles. The Morgan fingerprint density at radius 3 is 2.55 bits per heavy atom. The van der Waals surface area contributed by atoms with Gasteiger partial charge in [0.1, 0.15) is 11.4 Å². The van der Waals surface area contributed by atoms with Gasteiger partial charge >= 0.3 is 12.1 Å². The Balaban J connectivity index is 1.34. The number of likely N-dealkylation sites (tertiary alicyclic amines) is 1. The lowest BCUT2D eigenvalue weighted by molar-refractivity contribution is -0.139. The molecule has 2 aromatic rings. The number of aliphatic carboxylic acids is 1. The fraction of sp³-hybridized carbons (Fsp3) is 0.400. The smallest absolute Gasteiger partial charge is 0.410 e. The third-order valence-corrected chi connectivity index (χ3v) is 6.39. The Kier molecular flexibility index (Phi) is 6.53. The summed E-state index contributed by atoms with van der Waals surface area (Å²) in [6.45, 7) is 3.71. The molecule has 4 rings (SSSR count). The van der Waals surface area contributed by atoms with E-state index in [4.69, 9.17) is 14.6 Å². The van der Waals surface area contributed by atoms with Crippen LogP contribution in [0.15, 0.2) is 54.6 Å². The molecular weight excluding hydrogens is 424 g/mol. The minimum Gasteiger partial charge on any atom is -0.482 e. The van der Waals surface area contributed by atoms with E-state index in [1.165, 1.54) is 0 Å². The standard InChI is InChI=1S/C25H28N2O6/c1-25(17-27(24(31)33-25)15-18-6-3-2-4-7-18)20-10-12-26(13-11-20)23(30)19-8-5-9-21(14-19)32-16-22(28)29/h2-9,14,20H,10-13,15-17H2,1H3,(H,28,29)/t25-/m1/s1. The van der Waals surface area contributed by atoms with E-state index in [0.717, 1.165) is 18.4 Å². The maximum Gasteiger partial charge on any atom is 0.410 e. The fourth-order valence-electron chi connectivity index (χ4n) is 4.62. The van der Waals surface area contributed by atoms with Gasteiger partial charge in [-0.05, 0) is 43.5 Å². The molecule has 174 valence electrons. The average molecular weight is 453 g/mol. The third kappa shape index (κ3) is 5.27. The highest BCUT2D eigenvalue weighted by Gasteiger charge is 2.47. The highest BCUT2D eigenvalue weighted by atomic mass is 16.6. The van der Waals surface area contributed by atoms with Crippen molar-refractivity contribution in [3.8, 4) is 5.75 Å². The molecule has 2 saturated heterocycles. The number of benzene rings is 2. The first-order valence-corrected chi connectivity index (χ1v) is 11.1. The second-order valence-corrected chi connectivity index (χ2v) is 8.80. The van der Waals surface area contributed by atoms with Crippen molar-refractivity contribution < 1.29 is 29.0 Å². The van der Waals surface area contributed by atoms with Crippen LogP contribution < -0.4 is 4.74 Å². The molecule has 2 amide bonds. The van der Waals surface area contributed by atoms with E-state index < -0.39 is 18.2 Å². The van der Waals surface area contributed by atoms with Crippen molar-refractivity contribution in [1.29, 1.82) is 0 Å². The van der Waals surface area contributed by atoms with Crippen molar-refractivity contribution in [2.45, 2.75) is 31.9 Å². The van der Waals surface area contributed by atoms with Crippen LogP contribution in [0.4, 0.5) is 4.79 Å². The Bertz CT molecular complexity index is 1020. The van der Waals surface area contributed by atoms with Crippen LogP contribution in [0.5, 0.6) is 5.75 Å². The minimum absolute atomic E-state index is 0.117. The highest BCUT2D eigenvalue weighted by Crippen LogP contribution is 2.37. The Labute approximate surface area is 192 Å². The van der Waals surface area contributed by atoms with E-state index in [1.54, 1.807) is 34.1 Å². The average Bonchev–Trinajstić information content (AvgIpc) is 3.12. The second kappa shape index (κ2) is 9.52. The van der Waals surface area contributed by atoms with Gasteiger partial charge < -0.3 is 19.5 Å². The quantitative estimate of drug-likeness (QED) is 0.692. The monoisotopic (exact) mass is 452 g/mol. The number of cyclic esters (lactones) is 1. The number of hydrogen-bond donors (Lipinski definition) is 1. The van der Waals surface area contributed by atoms with Crippen LogP contribution in [-0.2, 0) is 16.1 Å². The highest BCUT2D eigenvalue weighted by molar-refractivity contribution is 5.94. The Hall–Kier alpha value is -3.55. The summed E-state index contributed by atoms with van der Waals surface area (Å²) < 4.78 is 11.0. The van der Waals surface area contributed by atoms with E-state index in [-0.39, 0.29) is 17.9 Å². The molecule has 0 saturated carbocycles. The fourth-order valence-corrected chi connectivity index (χ4v) is 4.62. The van der Waals surface area contributed by atoms with Gasteiger partial charge in [0.05, 0.1) is 6.54 Å². The van der Waals surface area contributed by atoms with Gasteiger partial charge in [0.15, 0.2) is 6.61 Å². The zero-order valence-corrected chi connectivity index (χ0v) is 18.6. The molecule has 0 aromatic heterocycles. The van der Waals surface area contributed by atoms with Gasteiger partial charge in [-0.2, -0.15) is 0 Å². The number of carboxylic acid groups (broad SMARTS) is 1. The van der Waals surface area contributed by atoms with Gasteiger partial charge in [0.25, 0.3) is 5.91 Å². The van der Waals surface area contributed by atoms with Crippen LogP contribution in [0.25, 0.3) is 0 Å². The summed E-state index contributed by atoms with van der Waals surface area (Å²) in [6.07, 6.45) is 1.19. The number of carbonyl (C=O) groups is 3. The van der Waals surface area contributed by atoms with Crippen LogP contribution in [-0.4, -0.2) is 64.7 Å². The predicted molar refractivity (Wildman–Crippen MR) is 120 cm³/mol. The van der Waals surface area contributed by atoms with Crippen LogP contribution >= 0.6 is 0 Å². The number of piperidine rings is 1. The van der Waals surface area contributed by atoms with Gasteiger partial charge in [-0.1, -0.05) is 36.4 Å². The Morgan fingerprint density at radius 2 is 1.85 bits per heavy atom. The second-order valence-electron chi connectivity index (χ2n) is 8.80.